The summed E-state index contributed by atoms with van der Waals surface area (Å²) >= 11 is 0. The van der Waals surface area contributed by atoms with Crippen LogP contribution < -0.4 is 10.6 Å². The molecule has 0 fully saturated rings. The summed E-state index contributed by atoms with van der Waals surface area (Å²) in [4.78, 5) is 10.4. The second-order valence-corrected chi connectivity index (χ2v) is 12.7. The molecule has 49 heavy (non-hydrogen) atoms. The molecule has 2 aromatic heterocycles. The summed E-state index contributed by atoms with van der Waals surface area (Å²) in [6.07, 6.45) is -0.599. The molecule has 2 N–H and O–H groups in total. The molecule has 0 bridgehead atoms. The quantitative estimate of drug-likeness (QED) is 0.203. The van der Waals surface area contributed by atoms with Gasteiger partial charge in [0.25, 0.3) is 0 Å². The lowest BCUT2D eigenvalue weighted by Crippen LogP contribution is -2.45. The molecule has 9 aromatic rings. The summed E-state index contributed by atoms with van der Waals surface area (Å²) in [5, 5.41) is 14.5. The second kappa shape index (κ2) is 11.2. The maximum Gasteiger partial charge on any atom is 0.154 e. The van der Waals surface area contributed by atoms with Crippen molar-refractivity contribution < 1.29 is 4.42 Å². The summed E-state index contributed by atoms with van der Waals surface area (Å²) in [6, 6.07) is 55.3. The number of para-hydroxylation sites is 1. The molecule has 0 saturated carbocycles. The van der Waals surface area contributed by atoms with Crippen LogP contribution in [0.15, 0.2) is 167 Å². The molecule has 0 radical (unpaired) electrons. The van der Waals surface area contributed by atoms with Crippen LogP contribution in [0.5, 0.6) is 0 Å². The first-order valence-corrected chi connectivity index (χ1v) is 16.6. The van der Waals surface area contributed by atoms with Gasteiger partial charge in [-0.05, 0) is 74.6 Å². The minimum atomic E-state index is -0.304. The fourth-order valence-corrected chi connectivity index (χ4v) is 7.22. The van der Waals surface area contributed by atoms with Crippen LogP contribution in [0.3, 0.4) is 0 Å². The van der Waals surface area contributed by atoms with E-state index in [9.17, 15) is 0 Å². The highest BCUT2D eigenvalue weighted by molar-refractivity contribution is 6.09. The Balaban J connectivity index is 1.20. The maximum atomic E-state index is 6.66. The molecule has 0 aliphatic carbocycles. The van der Waals surface area contributed by atoms with Crippen molar-refractivity contribution in [1.29, 1.82) is 0 Å². The largest absolute Gasteiger partial charge is 0.454 e. The van der Waals surface area contributed by atoms with Crippen molar-refractivity contribution in [3.8, 4) is 11.1 Å². The first-order chi connectivity index (χ1) is 24.2. The monoisotopic (exact) mass is 630 g/mol. The number of hydrogen-bond acceptors (Lipinski definition) is 5. The van der Waals surface area contributed by atoms with Crippen molar-refractivity contribution in [3.63, 3.8) is 0 Å². The molecule has 0 saturated heterocycles. The molecular formula is C44H30N4O. The van der Waals surface area contributed by atoms with Gasteiger partial charge in [0, 0.05) is 16.5 Å². The molecule has 1 aliphatic rings. The van der Waals surface area contributed by atoms with Gasteiger partial charge in [-0.25, -0.2) is 9.98 Å². The summed E-state index contributed by atoms with van der Waals surface area (Å²) in [6.45, 7) is 0. The van der Waals surface area contributed by atoms with E-state index >= 15 is 0 Å². The van der Waals surface area contributed by atoms with E-state index in [1.54, 1.807) is 0 Å². The highest BCUT2D eigenvalue weighted by Gasteiger charge is 2.29. The Morgan fingerprint density at radius 3 is 2.02 bits per heavy atom. The number of hydrogen-bond donors (Lipinski definition) is 2. The molecule has 0 spiro atoms. The van der Waals surface area contributed by atoms with Crippen molar-refractivity contribution >= 4 is 60.4 Å². The number of furan rings is 1. The number of pyridine rings is 1. The molecule has 7 aromatic carbocycles. The first kappa shape index (κ1) is 27.8. The van der Waals surface area contributed by atoms with Gasteiger partial charge >= 0.3 is 0 Å². The third kappa shape index (κ3) is 4.83. The number of nitrogens with one attached hydrogen (secondary N) is 2. The van der Waals surface area contributed by atoms with Gasteiger partial charge in [0.05, 0.1) is 10.9 Å². The topological polar surface area (TPSA) is 62.5 Å². The van der Waals surface area contributed by atoms with Gasteiger partial charge in [-0.2, -0.15) is 0 Å². The molecular weight excluding hydrogens is 601 g/mol. The van der Waals surface area contributed by atoms with Crippen LogP contribution in [0.1, 0.15) is 29.0 Å². The standard InChI is InChI=1S/C44H30N4O/c1-2-12-29(13-3-1)42-46-43(34-21-19-28-11-5-7-15-31(28)23-34)48-44(47-42)36-24-35(32-20-18-27-10-4-6-14-30(27)22-32)26-38-40(36)41-39(49-38)25-33-16-8-9-17-37(33)45-41/h1-26,43-44,48H,(H,46,47). The lowest BCUT2D eigenvalue weighted by Gasteiger charge is -2.32. The van der Waals surface area contributed by atoms with Crippen LogP contribution in [0.4, 0.5) is 0 Å². The minimum absolute atomic E-state index is 0.294. The molecule has 5 heteroatoms. The number of benzene rings is 7. The zero-order valence-corrected chi connectivity index (χ0v) is 26.5. The number of nitrogens with zero attached hydrogens (tertiary/aromatic N) is 2. The van der Waals surface area contributed by atoms with Crippen LogP contribution in [0, 0.1) is 0 Å². The Bertz CT molecular complexity index is 2750. The number of fused-ring (bicyclic) bond motifs is 6. The summed E-state index contributed by atoms with van der Waals surface area (Å²) in [5.41, 5.74) is 8.74. The summed E-state index contributed by atoms with van der Waals surface area (Å²) in [5.74, 6) is 0.831. The van der Waals surface area contributed by atoms with E-state index in [0.29, 0.717) is 0 Å². The molecule has 10 rings (SSSR count). The SMILES string of the molecule is c1ccc(C2=NC(c3ccc4ccccc4c3)NC(c3cc(-c4ccc5ccccc5c4)cc4oc5cc6ccccc6nc5c34)N2)cc1. The highest BCUT2D eigenvalue weighted by atomic mass is 16.3. The third-order valence-electron chi connectivity index (χ3n) is 9.67. The van der Waals surface area contributed by atoms with E-state index in [4.69, 9.17) is 14.4 Å². The highest BCUT2D eigenvalue weighted by Crippen LogP contribution is 2.40. The lowest BCUT2D eigenvalue weighted by atomic mass is 9.95. The smallest absolute Gasteiger partial charge is 0.154 e. The summed E-state index contributed by atoms with van der Waals surface area (Å²) < 4.78 is 6.66. The van der Waals surface area contributed by atoms with Gasteiger partial charge < -0.3 is 9.73 Å². The molecule has 2 atom stereocenters. The Kier molecular flexibility index (Phi) is 6.32. The Labute approximate surface area is 282 Å². The van der Waals surface area contributed by atoms with Gasteiger partial charge in [0.1, 0.15) is 29.3 Å². The van der Waals surface area contributed by atoms with E-state index < -0.39 is 0 Å². The predicted octanol–water partition coefficient (Wildman–Crippen LogP) is 10.4. The van der Waals surface area contributed by atoms with E-state index in [1.807, 2.05) is 18.2 Å². The molecule has 3 heterocycles. The van der Waals surface area contributed by atoms with Gasteiger partial charge in [0.15, 0.2) is 5.58 Å². The van der Waals surface area contributed by atoms with Gasteiger partial charge in [0.2, 0.25) is 0 Å². The molecule has 0 amide bonds. The number of amidine groups is 1. The zero-order chi connectivity index (χ0) is 32.3. The normalized spacial score (nSPS) is 16.4. The van der Waals surface area contributed by atoms with E-state index in [-0.39, 0.29) is 12.3 Å². The fourth-order valence-electron chi connectivity index (χ4n) is 7.22. The second-order valence-electron chi connectivity index (χ2n) is 12.7. The third-order valence-corrected chi connectivity index (χ3v) is 9.67. The van der Waals surface area contributed by atoms with Gasteiger partial charge in [-0.15, -0.1) is 0 Å². The molecule has 1 aliphatic heterocycles. The zero-order valence-electron chi connectivity index (χ0n) is 26.5. The van der Waals surface area contributed by atoms with Crippen molar-refractivity contribution in [1.82, 2.24) is 15.6 Å². The predicted molar refractivity (Wildman–Crippen MR) is 201 cm³/mol. The average Bonchev–Trinajstić information content (AvgIpc) is 3.53. The van der Waals surface area contributed by atoms with Crippen molar-refractivity contribution in [2.45, 2.75) is 12.3 Å². The van der Waals surface area contributed by atoms with Crippen LogP contribution in [-0.4, -0.2) is 10.8 Å². The van der Waals surface area contributed by atoms with Crippen molar-refractivity contribution in [2.24, 2.45) is 4.99 Å². The van der Waals surface area contributed by atoms with Crippen LogP contribution in [0.2, 0.25) is 0 Å². The van der Waals surface area contributed by atoms with Gasteiger partial charge in [-0.3, -0.25) is 5.32 Å². The summed E-state index contributed by atoms with van der Waals surface area (Å²) in [7, 11) is 0. The molecule has 5 nitrogen and oxygen atoms in total. The van der Waals surface area contributed by atoms with Crippen LogP contribution in [0.25, 0.3) is 65.6 Å². The van der Waals surface area contributed by atoms with Crippen molar-refractivity contribution in [2.75, 3.05) is 0 Å². The molecule has 232 valence electrons. The average molecular weight is 631 g/mol. The lowest BCUT2D eigenvalue weighted by molar-refractivity contribution is 0.411. The Hall–Kier alpha value is -6.30. The van der Waals surface area contributed by atoms with Crippen molar-refractivity contribution in [3.05, 3.63) is 174 Å². The number of rotatable bonds is 4. The first-order valence-electron chi connectivity index (χ1n) is 16.6. The van der Waals surface area contributed by atoms with Gasteiger partial charge in [-0.1, -0.05) is 121 Å². The van der Waals surface area contributed by atoms with E-state index in [0.717, 1.165) is 66.6 Å². The van der Waals surface area contributed by atoms with Crippen LogP contribution >= 0.6 is 0 Å². The Morgan fingerprint density at radius 1 is 0.510 bits per heavy atom. The number of aromatic nitrogens is 1. The maximum absolute atomic E-state index is 6.66. The minimum Gasteiger partial charge on any atom is -0.454 e. The Morgan fingerprint density at radius 2 is 1.20 bits per heavy atom. The van der Waals surface area contributed by atoms with E-state index in [1.165, 1.54) is 21.5 Å². The van der Waals surface area contributed by atoms with Crippen LogP contribution in [-0.2, 0) is 0 Å². The molecule has 2 unspecified atom stereocenters. The fraction of sp³-hybridized carbons (Fsp3) is 0.0455. The van der Waals surface area contributed by atoms with E-state index in [2.05, 4.69) is 150 Å². The number of aliphatic imine (C=N–C) groups is 1.